The Morgan fingerprint density at radius 3 is 2.04 bits per heavy atom. The first-order chi connectivity index (χ1) is 11.7. The SMILES string of the molecule is N#Cc1cc(-c2ccccc2)c(F)c(C#N)c1Oc1ccccc1. The van der Waals surface area contributed by atoms with Gasteiger partial charge in [-0.3, -0.25) is 0 Å². The Balaban J connectivity index is 2.19. The maximum Gasteiger partial charge on any atom is 0.165 e. The number of hydrogen-bond donors (Lipinski definition) is 0. The van der Waals surface area contributed by atoms with Crippen molar-refractivity contribution in [1.82, 2.24) is 0 Å². The van der Waals surface area contributed by atoms with Crippen molar-refractivity contribution in [2.45, 2.75) is 0 Å². The number of rotatable bonds is 3. The topological polar surface area (TPSA) is 56.8 Å². The fourth-order valence-corrected chi connectivity index (χ4v) is 2.37. The Morgan fingerprint density at radius 1 is 0.833 bits per heavy atom. The predicted octanol–water partition coefficient (Wildman–Crippen LogP) is 5.03. The van der Waals surface area contributed by atoms with Crippen LogP contribution >= 0.6 is 0 Å². The van der Waals surface area contributed by atoms with Crippen molar-refractivity contribution in [2.75, 3.05) is 0 Å². The van der Waals surface area contributed by atoms with Gasteiger partial charge in [-0.1, -0.05) is 48.5 Å². The number of para-hydroxylation sites is 1. The molecule has 3 rings (SSSR count). The third kappa shape index (κ3) is 2.82. The molecule has 0 atom stereocenters. The smallest absolute Gasteiger partial charge is 0.165 e. The van der Waals surface area contributed by atoms with E-state index >= 15 is 0 Å². The van der Waals surface area contributed by atoms with Crippen molar-refractivity contribution in [1.29, 1.82) is 10.5 Å². The average Bonchev–Trinajstić information content (AvgIpc) is 2.64. The van der Waals surface area contributed by atoms with Gasteiger partial charge in [-0.05, 0) is 23.8 Å². The zero-order chi connectivity index (χ0) is 16.9. The van der Waals surface area contributed by atoms with Gasteiger partial charge < -0.3 is 4.74 Å². The number of ether oxygens (including phenoxy) is 1. The molecule has 3 aromatic carbocycles. The highest BCUT2D eigenvalue weighted by atomic mass is 19.1. The summed E-state index contributed by atoms with van der Waals surface area (Å²) in [5, 5.41) is 18.8. The minimum Gasteiger partial charge on any atom is -0.454 e. The van der Waals surface area contributed by atoms with Crippen LogP contribution in [0.4, 0.5) is 4.39 Å². The molecule has 0 spiro atoms. The van der Waals surface area contributed by atoms with Gasteiger partial charge in [0, 0.05) is 5.56 Å². The van der Waals surface area contributed by atoms with E-state index in [2.05, 4.69) is 0 Å². The second-order valence-corrected chi connectivity index (χ2v) is 4.99. The maximum absolute atomic E-state index is 14.8. The van der Waals surface area contributed by atoms with Crippen molar-refractivity contribution in [3.8, 4) is 34.8 Å². The molecule has 3 nitrogen and oxygen atoms in total. The van der Waals surface area contributed by atoms with E-state index in [1.165, 1.54) is 6.07 Å². The van der Waals surface area contributed by atoms with Gasteiger partial charge in [0.25, 0.3) is 0 Å². The summed E-state index contributed by atoms with van der Waals surface area (Å²) in [5.74, 6) is -0.339. The molecule has 0 saturated heterocycles. The van der Waals surface area contributed by atoms with Gasteiger partial charge in [-0.15, -0.1) is 0 Å². The first kappa shape index (κ1) is 15.3. The highest BCUT2D eigenvalue weighted by molar-refractivity contribution is 5.72. The lowest BCUT2D eigenvalue weighted by Gasteiger charge is -2.13. The van der Waals surface area contributed by atoms with Gasteiger partial charge in [-0.2, -0.15) is 10.5 Å². The third-order valence-corrected chi connectivity index (χ3v) is 3.50. The van der Waals surface area contributed by atoms with Gasteiger partial charge in [0.15, 0.2) is 11.6 Å². The summed E-state index contributed by atoms with van der Waals surface area (Å²) in [5.41, 5.74) is 0.616. The molecular weight excluding hydrogens is 303 g/mol. The zero-order valence-corrected chi connectivity index (χ0v) is 12.5. The molecule has 0 N–H and O–H groups in total. The first-order valence-corrected chi connectivity index (χ1v) is 7.19. The molecule has 0 bridgehead atoms. The zero-order valence-electron chi connectivity index (χ0n) is 12.5. The summed E-state index contributed by atoms with van der Waals surface area (Å²) in [4.78, 5) is 0. The Kier molecular flexibility index (Phi) is 4.23. The molecule has 24 heavy (non-hydrogen) atoms. The predicted molar refractivity (Wildman–Crippen MR) is 87.8 cm³/mol. The van der Waals surface area contributed by atoms with Crippen LogP contribution in [0.25, 0.3) is 11.1 Å². The van der Waals surface area contributed by atoms with Crippen LogP contribution < -0.4 is 4.74 Å². The van der Waals surface area contributed by atoms with Crippen LogP contribution in [0.1, 0.15) is 11.1 Å². The van der Waals surface area contributed by atoms with Crippen molar-refractivity contribution < 1.29 is 9.13 Å². The van der Waals surface area contributed by atoms with E-state index in [1.807, 2.05) is 24.3 Å². The molecule has 0 saturated carbocycles. The molecule has 0 aromatic heterocycles. The fraction of sp³-hybridized carbons (Fsp3) is 0. The molecule has 114 valence electrons. The number of nitrogens with zero attached hydrogens (tertiary/aromatic N) is 2. The lowest BCUT2D eigenvalue weighted by atomic mass is 9.98. The second kappa shape index (κ2) is 6.64. The van der Waals surface area contributed by atoms with E-state index in [-0.39, 0.29) is 22.4 Å². The molecule has 0 heterocycles. The molecule has 3 aromatic rings. The van der Waals surface area contributed by atoms with Gasteiger partial charge >= 0.3 is 0 Å². The summed E-state index contributed by atoms with van der Waals surface area (Å²) >= 11 is 0. The maximum atomic E-state index is 14.8. The van der Waals surface area contributed by atoms with Gasteiger partial charge in [-0.25, -0.2) is 4.39 Å². The molecule has 0 unspecified atom stereocenters. The molecule has 0 aliphatic rings. The van der Waals surface area contributed by atoms with Crippen molar-refractivity contribution in [3.05, 3.63) is 83.7 Å². The van der Waals surface area contributed by atoms with Crippen LogP contribution in [-0.2, 0) is 0 Å². The highest BCUT2D eigenvalue weighted by Gasteiger charge is 2.21. The van der Waals surface area contributed by atoms with Crippen LogP contribution in [-0.4, -0.2) is 0 Å². The standard InChI is InChI=1S/C20H11FN2O/c21-19-17(14-7-3-1-4-8-14)11-15(12-22)20(18(19)13-23)24-16-9-5-2-6-10-16/h1-11H. The van der Waals surface area contributed by atoms with E-state index in [1.54, 1.807) is 48.5 Å². The minimum absolute atomic E-state index is 0.0663. The molecule has 0 aliphatic carbocycles. The van der Waals surface area contributed by atoms with Gasteiger partial charge in [0.1, 0.15) is 23.5 Å². The van der Waals surface area contributed by atoms with Crippen molar-refractivity contribution in [2.24, 2.45) is 0 Å². The third-order valence-electron chi connectivity index (χ3n) is 3.50. The van der Waals surface area contributed by atoms with Crippen LogP contribution in [0, 0.1) is 28.5 Å². The van der Waals surface area contributed by atoms with E-state index in [4.69, 9.17) is 4.74 Å². The van der Waals surface area contributed by atoms with Crippen LogP contribution in [0.5, 0.6) is 11.5 Å². The van der Waals surface area contributed by atoms with Crippen LogP contribution in [0.2, 0.25) is 0 Å². The lowest BCUT2D eigenvalue weighted by molar-refractivity contribution is 0.473. The monoisotopic (exact) mass is 314 g/mol. The Hall–Kier alpha value is -3.63. The average molecular weight is 314 g/mol. The number of benzene rings is 3. The molecule has 0 radical (unpaired) electrons. The number of halogens is 1. The second-order valence-electron chi connectivity index (χ2n) is 4.99. The number of hydrogen-bond acceptors (Lipinski definition) is 3. The summed E-state index contributed by atoms with van der Waals surface area (Å²) in [6.07, 6.45) is 0. The minimum atomic E-state index is -0.700. The summed E-state index contributed by atoms with van der Waals surface area (Å²) < 4.78 is 20.4. The van der Waals surface area contributed by atoms with Gasteiger partial charge in [0.05, 0.1) is 5.56 Å². The van der Waals surface area contributed by atoms with Crippen LogP contribution in [0.3, 0.4) is 0 Å². The Morgan fingerprint density at radius 2 is 1.46 bits per heavy atom. The van der Waals surface area contributed by atoms with E-state index < -0.39 is 5.82 Å². The normalized spacial score (nSPS) is 9.79. The van der Waals surface area contributed by atoms with Crippen molar-refractivity contribution >= 4 is 0 Å². The summed E-state index contributed by atoms with van der Waals surface area (Å²) in [6, 6.07) is 22.6. The Bertz CT molecular complexity index is 955. The van der Waals surface area contributed by atoms with E-state index in [0.717, 1.165) is 0 Å². The Labute approximate surface area is 138 Å². The molecule has 0 fully saturated rings. The molecule has 0 aliphatic heterocycles. The summed E-state index contributed by atoms with van der Waals surface area (Å²) in [6.45, 7) is 0. The molecule has 4 heteroatoms. The largest absolute Gasteiger partial charge is 0.454 e. The van der Waals surface area contributed by atoms with E-state index in [9.17, 15) is 14.9 Å². The lowest BCUT2D eigenvalue weighted by Crippen LogP contribution is -1.98. The highest BCUT2D eigenvalue weighted by Crippen LogP contribution is 2.36. The quantitative estimate of drug-likeness (QED) is 0.681. The van der Waals surface area contributed by atoms with Crippen molar-refractivity contribution in [3.63, 3.8) is 0 Å². The first-order valence-electron chi connectivity index (χ1n) is 7.19. The number of nitriles is 2. The summed E-state index contributed by atoms with van der Waals surface area (Å²) in [7, 11) is 0. The fourth-order valence-electron chi connectivity index (χ4n) is 2.37. The molecular formula is C20H11FN2O. The van der Waals surface area contributed by atoms with Crippen LogP contribution in [0.15, 0.2) is 66.7 Å². The van der Waals surface area contributed by atoms with Gasteiger partial charge in [0.2, 0.25) is 0 Å². The van der Waals surface area contributed by atoms with E-state index in [0.29, 0.717) is 11.3 Å². The molecule has 0 amide bonds.